The highest BCUT2D eigenvalue weighted by Gasteiger charge is 2.29. The quantitative estimate of drug-likeness (QED) is 0.717. The van der Waals surface area contributed by atoms with Crippen molar-refractivity contribution in [1.29, 1.82) is 5.26 Å². The highest BCUT2D eigenvalue weighted by Crippen LogP contribution is 2.25. The van der Waals surface area contributed by atoms with Crippen molar-refractivity contribution in [3.63, 3.8) is 0 Å². The molecule has 0 bridgehead atoms. The molecule has 0 saturated carbocycles. The van der Waals surface area contributed by atoms with Crippen LogP contribution in [-0.2, 0) is 16.3 Å². The molecular weight excluding hydrogens is 372 g/mol. The maximum Gasteiger partial charge on any atom is 0.175 e. The van der Waals surface area contributed by atoms with Crippen molar-refractivity contribution in [3.8, 4) is 11.8 Å². The van der Waals surface area contributed by atoms with Crippen LogP contribution < -0.4 is 4.74 Å². The minimum Gasteiger partial charge on any atom is -0.493 e. The van der Waals surface area contributed by atoms with Crippen LogP contribution in [0.15, 0.2) is 53.4 Å². The Morgan fingerprint density at radius 2 is 1.86 bits per heavy atom. The predicted molar refractivity (Wildman–Crippen MR) is 109 cm³/mol. The van der Waals surface area contributed by atoms with Crippen molar-refractivity contribution in [1.82, 2.24) is 4.90 Å². The van der Waals surface area contributed by atoms with Gasteiger partial charge in [-0.05, 0) is 48.2 Å². The predicted octanol–water partition coefficient (Wildman–Crippen LogP) is 3.15. The number of hydrogen-bond donors (Lipinski definition) is 0. The van der Waals surface area contributed by atoms with Gasteiger partial charge in [0, 0.05) is 31.8 Å². The average Bonchev–Trinajstić information content (AvgIpc) is 3.04. The van der Waals surface area contributed by atoms with E-state index in [0.717, 1.165) is 37.2 Å². The summed E-state index contributed by atoms with van der Waals surface area (Å²) in [6.45, 7) is 5.78. The molecule has 0 amide bonds. The van der Waals surface area contributed by atoms with E-state index < -0.39 is 9.84 Å². The molecule has 0 unspecified atom stereocenters. The standard InChI is InChI=1S/C22H26N2O3S/c1-17-14-24(12-11-18-5-3-4-6-19(18)13-23)15-20(17)16-27-21-7-9-22(10-8-21)28(2,25)26/h3-10,17,20H,11-12,14-16H2,1-2H3/t17-,20+/m1/s1. The fourth-order valence-corrected chi connectivity index (χ4v) is 4.28. The Morgan fingerprint density at radius 3 is 2.54 bits per heavy atom. The fraction of sp³-hybridized carbons (Fsp3) is 0.409. The van der Waals surface area contributed by atoms with Crippen LogP contribution in [0.4, 0.5) is 0 Å². The van der Waals surface area contributed by atoms with Crippen molar-refractivity contribution < 1.29 is 13.2 Å². The van der Waals surface area contributed by atoms with Crippen LogP contribution in [0.3, 0.4) is 0 Å². The SMILES string of the molecule is C[C@@H]1CN(CCc2ccccc2C#N)C[C@H]1COc1ccc(S(C)(=O)=O)cc1. The summed E-state index contributed by atoms with van der Waals surface area (Å²) >= 11 is 0. The number of hydrogen-bond acceptors (Lipinski definition) is 5. The highest BCUT2D eigenvalue weighted by molar-refractivity contribution is 7.90. The second-order valence-electron chi connectivity index (χ2n) is 7.57. The van der Waals surface area contributed by atoms with Crippen molar-refractivity contribution in [3.05, 3.63) is 59.7 Å². The van der Waals surface area contributed by atoms with Crippen molar-refractivity contribution in [2.24, 2.45) is 11.8 Å². The van der Waals surface area contributed by atoms with Crippen LogP contribution in [-0.4, -0.2) is 45.8 Å². The lowest BCUT2D eigenvalue weighted by molar-refractivity contribution is 0.225. The minimum absolute atomic E-state index is 0.304. The maximum atomic E-state index is 11.5. The van der Waals surface area contributed by atoms with Crippen LogP contribution in [0.25, 0.3) is 0 Å². The smallest absolute Gasteiger partial charge is 0.175 e. The summed E-state index contributed by atoms with van der Waals surface area (Å²) in [5.74, 6) is 1.66. The molecule has 28 heavy (non-hydrogen) atoms. The molecule has 0 radical (unpaired) electrons. The van der Waals surface area contributed by atoms with Gasteiger partial charge in [-0.15, -0.1) is 0 Å². The Bertz CT molecular complexity index is 948. The monoisotopic (exact) mass is 398 g/mol. The third-order valence-electron chi connectivity index (χ3n) is 5.39. The van der Waals surface area contributed by atoms with Crippen LogP contribution in [0, 0.1) is 23.2 Å². The molecule has 2 aromatic rings. The molecule has 0 aromatic heterocycles. The zero-order chi connectivity index (χ0) is 20.1. The summed E-state index contributed by atoms with van der Waals surface area (Å²) in [5.41, 5.74) is 1.86. The van der Waals surface area contributed by atoms with Crippen LogP contribution in [0.1, 0.15) is 18.1 Å². The van der Waals surface area contributed by atoms with E-state index in [9.17, 15) is 13.7 Å². The van der Waals surface area contributed by atoms with E-state index in [-0.39, 0.29) is 0 Å². The Balaban J connectivity index is 1.51. The van der Waals surface area contributed by atoms with E-state index in [2.05, 4.69) is 17.9 Å². The summed E-state index contributed by atoms with van der Waals surface area (Å²) < 4.78 is 29.0. The molecule has 0 spiro atoms. The number of rotatable bonds is 7. The first-order valence-corrected chi connectivity index (χ1v) is 11.4. The van der Waals surface area contributed by atoms with Gasteiger partial charge in [0.2, 0.25) is 0 Å². The van der Waals surface area contributed by atoms with Crippen LogP contribution in [0.2, 0.25) is 0 Å². The summed E-state index contributed by atoms with van der Waals surface area (Å²) in [4.78, 5) is 2.73. The van der Waals surface area contributed by atoms with Crippen molar-refractivity contribution in [2.45, 2.75) is 18.2 Å². The van der Waals surface area contributed by atoms with Crippen molar-refractivity contribution >= 4 is 9.84 Å². The van der Waals surface area contributed by atoms with Gasteiger partial charge in [0.05, 0.1) is 23.1 Å². The van der Waals surface area contributed by atoms with E-state index in [4.69, 9.17) is 4.74 Å². The Hall–Kier alpha value is -2.36. The second-order valence-corrected chi connectivity index (χ2v) is 9.59. The van der Waals surface area contributed by atoms with Gasteiger partial charge in [0.25, 0.3) is 0 Å². The number of sulfone groups is 1. The lowest BCUT2D eigenvalue weighted by Crippen LogP contribution is -2.25. The molecule has 1 saturated heterocycles. The van der Waals surface area contributed by atoms with Gasteiger partial charge < -0.3 is 9.64 Å². The van der Waals surface area contributed by atoms with Gasteiger partial charge in [-0.25, -0.2) is 8.42 Å². The zero-order valence-corrected chi connectivity index (χ0v) is 17.2. The summed E-state index contributed by atoms with van der Waals surface area (Å²) in [5, 5.41) is 9.22. The molecule has 0 aliphatic carbocycles. The third kappa shape index (κ3) is 5.12. The molecule has 1 aliphatic heterocycles. The van der Waals surface area contributed by atoms with Gasteiger partial charge >= 0.3 is 0 Å². The summed E-state index contributed by atoms with van der Waals surface area (Å²) in [7, 11) is -3.18. The molecule has 0 N–H and O–H groups in total. The third-order valence-corrected chi connectivity index (χ3v) is 6.52. The Kier molecular flexibility index (Phi) is 6.38. The number of nitriles is 1. The lowest BCUT2D eigenvalue weighted by atomic mass is 9.99. The second kappa shape index (κ2) is 8.76. The van der Waals surface area contributed by atoms with Gasteiger partial charge in [0.15, 0.2) is 9.84 Å². The molecule has 1 heterocycles. The first-order chi connectivity index (χ1) is 13.4. The van der Waals surface area contributed by atoms with Gasteiger partial charge in [-0.2, -0.15) is 5.26 Å². The molecular formula is C22H26N2O3S. The fourth-order valence-electron chi connectivity index (χ4n) is 3.65. The molecule has 2 aromatic carbocycles. The molecule has 148 valence electrons. The summed E-state index contributed by atoms with van der Waals surface area (Å²) in [6, 6.07) is 16.6. The normalized spacial score (nSPS) is 20.0. The topological polar surface area (TPSA) is 70.4 Å². The van der Waals surface area contributed by atoms with Gasteiger partial charge in [-0.3, -0.25) is 0 Å². The molecule has 2 atom stereocenters. The van der Waals surface area contributed by atoms with Crippen molar-refractivity contribution in [2.75, 3.05) is 32.5 Å². The molecule has 5 nitrogen and oxygen atoms in total. The first-order valence-electron chi connectivity index (χ1n) is 9.50. The van der Waals surface area contributed by atoms with E-state index in [1.807, 2.05) is 24.3 Å². The number of likely N-dealkylation sites (tertiary alicyclic amines) is 1. The van der Waals surface area contributed by atoms with Crippen LogP contribution in [0.5, 0.6) is 5.75 Å². The first kappa shape index (κ1) is 20.4. The van der Waals surface area contributed by atoms with E-state index in [0.29, 0.717) is 29.1 Å². The number of ether oxygens (including phenoxy) is 1. The largest absolute Gasteiger partial charge is 0.493 e. The lowest BCUT2D eigenvalue weighted by Gasteiger charge is -2.17. The Labute approximate surface area is 167 Å². The van der Waals surface area contributed by atoms with Crippen LogP contribution >= 0.6 is 0 Å². The van der Waals surface area contributed by atoms with Gasteiger partial charge in [-0.1, -0.05) is 25.1 Å². The average molecular weight is 399 g/mol. The number of benzene rings is 2. The van der Waals surface area contributed by atoms with E-state index in [1.165, 1.54) is 6.26 Å². The highest BCUT2D eigenvalue weighted by atomic mass is 32.2. The minimum atomic E-state index is -3.18. The van der Waals surface area contributed by atoms with Gasteiger partial charge in [0.1, 0.15) is 5.75 Å². The summed E-state index contributed by atoms with van der Waals surface area (Å²) in [6.07, 6.45) is 2.07. The van der Waals surface area contributed by atoms with E-state index >= 15 is 0 Å². The number of nitrogens with zero attached hydrogens (tertiary/aromatic N) is 2. The van der Waals surface area contributed by atoms with E-state index in [1.54, 1.807) is 24.3 Å². The Morgan fingerprint density at radius 1 is 1.14 bits per heavy atom. The molecule has 6 heteroatoms. The maximum absolute atomic E-state index is 11.5. The molecule has 3 rings (SSSR count). The molecule has 1 aliphatic rings. The molecule has 1 fully saturated rings. The zero-order valence-electron chi connectivity index (χ0n) is 16.3.